The predicted octanol–water partition coefficient (Wildman–Crippen LogP) is 3.78. The van der Waals surface area contributed by atoms with Crippen molar-refractivity contribution < 1.29 is 22.8 Å². The summed E-state index contributed by atoms with van der Waals surface area (Å²) < 4.78 is 37.8. The van der Waals surface area contributed by atoms with E-state index in [1.54, 1.807) is 48.5 Å². The van der Waals surface area contributed by atoms with Crippen molar-refractivity contribution in [3.8, 4) is 0 Å². The van der Waals surface area contributed by atoms with Crippen molar-refractivity contribution in [1.82, 2.24) is 4.90 Å². The van der Waals surface area contributed by atoms with E-state index in [4.69, 9.17) is 5.73 Å². The highest BCUT2D eigenvalue weighted by molar-refractivity contribution is 5.92. The van der Waals surface area contributed by atoms with Crippen LogP contribution in [0.3, 0.4) is 0 Å². The highest BCUT2D eigenvalue weighted by Gasteiger charge is 2.41. The molecule has 5 nitrogen and oxygen atoms in total. The lowest BCUT2D eigenvalue weighted by Gasteiger charge is -2.22. The van der Waals surface area contributed by atoms with Crippen molar-refractivity contribution in [3.05, 3.63) is 59.7 Å². The van der Waals surface area contributed by atoms with Gasteiger partial charge in [-0.2, -0.15) is 13.2 Å². The van der Waals surface area contributed by atoms with Gasteiger partial charge in [0.2, 0.25) is 5.91 Å². The zero-order valence-corrected chi connectivity index (χ0v) is 15.9. The summed E-state index contributed by atoms with van der Waals surface area (Å²) in [7, 11) is 0. The molecule has 152 valence electrons. The van der Waals surface area contributed by atoms with E-state index in [0.29, 0.717) is 21.8 Å². The average molecular weight is 416 g/mol. The van der Waals surface area contributed by atoms with Gasteiger partial charge in [0.25, 0.3) is 0 Å². The summed E-state index contributed by atoms with van der Waals surface area (Å²) in [4.78, 5) is 24.3. The van der Waals surface area contributed by atoms with Gasteiger partial charge in [0.05, 0.1) is 6.42 Å². The minimum Gasteiger partial charge on any atom is -0.399 e. The molecule has 2 rings (SSSR count). The summed E-state index contributed by atoms with van der Waals surface area (Å²) >= 11 is 0. The maximum atomic E-state index is 12.6. The Morgan fingerprint density at radius 3 is 2.29 bits per heavy atom. The first kappa shape index (κ1) is 23.3. The Kier molecular flexibility index (Phi) is 8.31. The van der Waals surface area contributed by atoms with Crippen molar-refractivity contribution in [2.24, 2.45) is 0 Å². The molecule has 0 atom stereocenters. The van der Waals surface area contributed by atoms with Crippen LogP contribution in [0.1, 0.15) is 18.1 Å². The van der Waals surface area contributed by atoms with Crippen molar-refractivity contribution in [3.63, 3.8) is 0 Å². The van der Waals surface area contributed by atoms with Crippen LogP contribution in [0, 0.1) is 0 Å². The summed E-state index contributed by atoms with van der Waals surface area (Å²) in [6, 6.07) is 13.3. The molecule has 28 heavy (non-hydrogen) atoms. The maximum Gasteiger partial charge on any atom is 0.471 e. The van der Waals surface area contributed by atoms with Crippen LogP contribution in [0.5, 0.6) is 0 Å². The van der Waals surface area contributed by atoms with E-state index in [2.05, 4.69) is 5.32 Å². The lowest BCUT2D eigenvalue weighted by Crippen LogP contribution is -2.40. The lowest BCUT2D eigenvalue weighted by atomic mass is 10.1. The second-order valence-electron chi connectivity index (χ2n) is 5.98. The Morgan fingerprint density at radius 1 is 1.07 bits per heavy atom. The molecule has 0 aliphatic rings. The first-order chi connectivity index (χ1) is 12.7. The Bertz CT molecular complexity index is 811. The van der Waals surface area contributed by atoms with Gasteiger partial charge in [0, 0.05) is 24.5 Å². The first-order valence-electron chi connectivity index (χ1n) is 8.28. The number of hydrogen-bond donors (Lipinski definition) is 2. The number of carbonyl (C=O) groups is 2. The van der Waals surface area contributed by atoms with Gasteiger partial charge in [-0.05, 0) is 42.3 Å². The third-order valence-electron chi connectivity index (χ3n) is 3.84. The number of nitrogens with one attached hydrogen (secondary N) is 1. The molecule has 0 heterocycles. The number of nitrogen functional groups attached to an aromatic ring is 1. The molecule has 0 bridgehead atoms. The fraction of sp³-hybridized carbons (Fsp3) is 0.263. The van der Waals surface area contributed by atoms with Crippen LogP contribution in [0.25, 0.3) is 0 Å². The van der Waals surface area contributed by atoms with E-state index in [1.807, 2.05) is 0 Å². The van der Waals surface area contributed by atoms with Gasteiger partial charge in [-0.1, -0.05) is 24.3 Å². The second-order valence-corrected chi connectivity index (χ2v) is 5.98. The van der Waals surface area contributed by atoms with Crippen molar-refractivity contribution >= 4 is 35.6 Å². The number of nitrogens with zero attached hydrogens (tertiary/aromatic N) is 1. The van der Waals surface area contributed by atoms with Gasteiger partial charge < -0.3 is 16.0 Å². The average Bonchev–Trinajstić information content (AvgIpc) is 2.60. The van der Waals surface area contributed by atoms with Crippen LogP contribution in [0.15, 0.2) is 48.5 Å². The summed E-state index contributed by atoms with van der Waals surface area (Å²) in [5.74, 6) is -2.15. The fourth-order valence-corrected chi connectivity index (χ4v) is 2.50. The minimum absolute atomic E-state index is 0. The van der Waals surface area contributed by atoms with Gasteiger partial charge in [-0.25, -0.2) is 0 Å². The Balaban J connectivity index is 0.00000392. The smallest absolute Gasteiger partial charge is 0.399 e. The van der Waals surface area contributed by atoms with Crippen LogP contribution < -0.4 is 11.1 Å². The van der Waals surface area contributed by atoms with Gasteiger partial charge >= 0.3 is 12.1 Å². The molecule has 0 saturated carbocycles. The summed E-state index contributed by atoms with van der Waals surface area (Å²) in [6.07, 6.45) is -4.78. The van der Waals surface area contributed by atoms with E-state index in [-0.39, 0.29) is 37.8 Å². The standard InChI is InChI=1S/C19H20F3N3O2.ClH/c1-2-25(18(27)19(20,21)22)12-14-4-3-5-16(10-14)24-17(26)11-13-6-8-15(23)9-7-13;/h3-10H,2,11-12,23H2,1H3,(H,24,26);1H. The highest BCUT2D eigenvalue weighted by Crippen LogP contribution is 2.21. The molecule has 0 spiro atoms. The largest absolute Gasteiger partial charge is 0.471 e. The first-order valence-corrected chi connectivity index (χ1v) is 8.28. The monoisotopic (exact) mass is 415 g/mol. The van der Waals surface area contributed by atoms with Crippen LogP contribution in [-0.2, 0) is 22.6 Å². The van der Waals surface area contributed by atoms with E-state index >= 15 is 0 Å². The second kappa shape index (κ2) is 9.98. The van der Waals surface area contributed by atoms with Crippen molar-refractivity contribution in [2.75, 3.05) is 17.6 Å². The summed E-state index contributed by atoms with van der Waals surface area (Å²) in [5.41, 5.74) is 7.91. The quantitative estimate of drug-likeness (QED) is 0.705. The molecular formula is C19H21ClF3N3O2. The van der Waals surface area contributed by atoms with Gasteiger partial charge in [-0.3, -0.25) is 9.59 Å². The van der Waals surface area contributed by atoms with Crippen molar-refractivity contribution in [2.45, 2.75) is 26.1 Å². The van der Waals surface area contributed by atoms with E-state index in [1.165, 1.54) is 6.92 Å². The number of amides is 2. The molecule has 0 unspecified atom stereocenters. The van der Waals surface area contributed by atoms with Crippen molar-refractivity contribution in [1.29, 1.82) is 0 Å². The molecule has 0 radical (unpaired) electrons. The third kappa shape index (κ3) is 6.77. The molecule has 0 aliphatic carbocycles. The molecule has 0 aromatic heterocycles. The number of alkyl halides is 3. The fourth-order valence-electron chi connectivity index (χ4n) is 2.50. The SMILES string of the molecule is CCN(Cc1cccc(NC(=O)Cc2ccc(N)cc2)c1)C(=O)C(F)(F)F.Cl. The molecule has 2 aromatic rings. The zero-order chi connectivity index (χ0) is 20.0. The number of halogens is 4. The molecule has 9 heteroatoms. The topological polar surface area (TPSA) is 75.4 Å². The van der Waals surface area contributed by atoms with Crippen LogP contribution in [0.2, 0.25) is 0 Å². The molecule has 0 aliphatic heterocycles. The molecule has 2 aromatic carbocycles. The number of anilines is 2. The number of carbonyl (C=O) groups excluding carboxylic acids is 2. The predicted molar refractivity (Wildman–Crippen MR) is 104 cm³/mol. The third-order valence-corrected chi connectivity index (χ3v) is 3.84. The molecule has 0 saturated heterocycles. The minimum atomic E-state index is -4.92. The normalized spacial score (nSPS) is 10.7. The van der Waals surface area contributed by atoms with E-state index in [0.717, 1.165) is 5.56 Å². The number of nitrogens with two attached hydrogens (primary N) is 1. The van der Waals surface area contributed by atoms with Gasteiger partial charge in [0.1, 0.15) is 0 Å². The van der Waals surface area contributed by atoms with E-state index < -0.39 is 12.1 Å². The number of rotatable bonds is 6. The van der Waals surface area contributed by atoms with Crippen LogP contribution in [-0.4, -0.2) is 29.4 Å². The van der Waals surface area contributed by atoms with Crippen LogP contribution >= 0.6 is 12.4 Å². The lowest BCUT2D eigenvalue weighted by molar-refractivity contribution is -0.185. The zero-order valence-electron chi connectivity index (χ0n) is 15.1. The Labute approximate surface area is 167 Å². The summed E-state index contributed by atoms with van der Waals surface area (Å²) in [6.45, 7) is 1.20. The summed E-state index contributed by atoms with van der Waals surface area (Å²) in [5, 5.41) is 2.70. The van der Waals surface area contributed by atoms with E-state index in [9.17, 15) is 22.8 Å². The maximum absolute atomic E-state index is 12.6. The highest BCUT2D eigenvalue weighted by atomic mass is 35.5. The Morgan fingerprint density at radius 2 is 1.71 bits per heavy atom. The van der Waals surface area contributed by atoms with Gasteiger partial charge in [0.15, 0.2) is 0 Å². The number of hydrogen-bond acceptors (Lipinski definition) is 3. The molecule has 0 fully saturated rings. The van der Waals surface area contributed by atoms with Gasteiger partial charge in [-0.15, -0.1) is 12.4 Å². The molecular weight excluding hydrogens is 395 g/mol. The Hall–Kier alpha value is -2.74. The number of benzene rings is 2. The van der Waals surface area contributed by atoms with Crippen LogP contribution in [0.4, 0.5) is 24.5 Å². The molecule has 3 N–H and O–H groups in total. The molecule has 2 amide bonds.